The SMILES string of the molecule is CC[C@H]1OC(=O)[C@H](C)[C@@H](OC2CC(C)(OC)C(OC(=O)NCCCCCC(=O)NCCNC3C(=O)C(C(N)=O)C(=O)[C@@]4(O)C(=O)C5C(=O)c6c(O)cccc6[C@@](C)(O)[C@H]5C[C@@H]34)C(C)O2)[C@H](C)[C@@H](OC2OC(C)CC(N(C)C)C2O)[C@](C)(O)C[C@@H](C)[C@H](NC(=O)OC(C)(C)C)[C@H](C)[C@@H](O)[C@]1(C)O. The Hall–Kier alpha value is -5.87. The molecule has 1 aromatic carbocycles. The number of carbonyl (C=O) groups is 9. The number of primary amides is 1. The number of benzene rings is 1. The van der Waals surface area contributed by atoms with E-state index in [1.165, 1.54) is 46.1 Å². The van der Waals surface area contributed by atoms with E-state index in [0.29, 0.717) is 25.7 Å². The monoisotopic (exact) mass is 1430 g/mol. The Morgan fingerprint density at radius 3 is 2.07 bits per heavy atom. The number of aliphatic hydroxyl groups excluding tert-OH is 2. The molecule has 101 heavy (non-hydrogen) atoms. The number of phenolic OH excluding ortho intramolecular Hbond substituents is 1. The standard InChI is InChI=1S/C71H112N6O24/c1-18-44-70(14,92)56(83)35(4)50(76-65(89)101-66(8,9)10)33(2)31-67(11,90)59(99-63-52(80)42(77(15)16)29-34(3)95-63)36(5)55(37(6)62(87)97-44)98-46-32-68(12,94-17)60(38(7)96-46)100-64(88)75-26-21-19-20-25-45(79)73-27-28-74-51-41-30-40-48(53(81)47-39(69(40,13)91)23-22-24-43(47)78)57(84)71(41,93)58(85)49(54(51)82)61(72)86/h22-24,33-38,40-42,44,46,48-52,55-56,59-60,63,74,78,80,83,90-93H,18-21,25-32H2,1-17H3,(H2,72,86)(H,73,79)(H,75,88)(H,76,89)/t33-,34?,35+,36+,37-,38?,40+,41+,42?,44-,46?,48?,49?,50+,51?,52?,55+,56-,59-,60?,63?,67-,68?,69-,70-,71+/m1/s1. The number of cyclic esters (lactones) is 1. The van der Waals surface area contributed by atoms with Gasteiger partial charge in [-0.1, -0.05) is 46.2 Å². The molecule has 2 saturated carbocycles. The number of esters is 1. The molecule has 3 aliphatic carbocycles. The van der Waals surface area contributed by atoms with Gasteiger partial charge in [0, 0.05) is 75.3 Å². The number of alkyl carbamates (subject to hydrolysis) is 2. The van der Waals surface area contributed by atoms with Crippen molar-refractivity contribution in [2.24, 2.45) is 53.1 Å². The largest absolute Gasteiger partial charge is 0.507 e. The summed E-state index contributed by atoms with van der Waals surface area (Å²) in [6, 6.07) is 0.999. The number of methoxy groups -OCH3 is 1. The number of phenols is 1. The molecule has 3 heterocycles. The van der Waals surface area contributed by atoms with Gasteiger partial charge in [0.15, 0.2) is 53.3 Å². The van der Waals surface area contributed by atoms with Crippen LogP contribution in [-0.4, -0.2) is 242 Å². The fourth-order valence-corrected chi connectivity index (χ4v) is 16.5. The number of unbranched alkanes of at least 4 members (excludes halogenated alkanes) is 2. The highest BCUT2D eigenvalue weighted by Gasteiger charge is 2.71. The van der Waals surface area contributed by atoms with Crippen LogP contribution in [-0.2, 0) is 72.3 Å². The Labute approximate surface area is 590 Å². The number of fused-ring (bicyclic) bond motifs is 3. The van der Waals surface area contributed by atoms with Crippen LogP contribution in [0.15, 0.2) is 18.2 Å². The summed E-state index contributed by atoms with van der Waals surface area (Å²) < 4.78 is 50.5. The Kier molecular flexibility index (Phi) is 26.3. The fraction of sp³-hybridized carbons (Fsp3) is 0.789. The molecule has 0 radical (unpaired) electrons. The third-order valence-corrected chi connectivity index (χ3v) is 22.0. The van der Waals surface area contributed by atoms with Crippen LogP contribution >= 0.6 is 0 Å². The smallest absolute Gasteiger partial charge is 0.407 e. The second kappa shape index (κ2) is 32.2. The van der Waals surface area contributed by atoms with E-state index >= 15 is 0 Å². The first-order chi connectivity index (χ1) is 46.8. The molecule has 0 spiro atoms. The number of aliphatic hydroxyl groups is 6. The molecule has 5 fully saturated rings. The summed E-state index contributed by atoms with van der Waals surface area (Å²) in [5.74, 6) is -18.8. The van der Waals surface area contributed by atoms with Gasteiger partial charge in [-0.3, -0.25) is 33.6 Å². The van der Waals surface area contributed by atoms with Gasteiger partial charge in [-0.05, 0) is 139 Å². The zero-order valence-corrected chi connectivity index (χ0v) is 61.4. The summed E-state index contributed by atoms with van der Waals surface area (Å²) in [6.45, 7) is 22.7. The van der Waals surface area contributed by atoms with Crippen LogP contribution in [0.1, 0.15) is 171 Å². The predicted octanol–water partition coefficient (Wildman–Crippen LogP) is 2.09. The number of hydrogen-bond donors (Lipinski definition) is 12. The second-order valence-electron chi connectivity index (χ2n) is 31.2. The van der Waals surface area contributed by atoms with Crippen LogP contribution in [0.2, 0.25) is 0 Å². The van der Waals surface area contributed by atoms with Crippen molar-refractivity contribution in [3.63, 3.8) is 0 Å². The lowest BCUT2D eigenvalue weighted by atomic mass is 9.50. The minimum atomic E-state index is -3.06. The molecule has 30 nitrogen and oxygen atoms in total. The van der Waals surface area contributed by atoms with Gasteiger partial charge in [-0.25, -0.2) is 9.59 Å². The summed E-state index contributed by atoms with van der Waals surface area (Å²) in [4.78, 5) is 125. The molecule has 570 valence electrons. The highest BCUT2D eigenvalue weighted by atomic mass is 16.7. The fourth-order valence-electron chi connectivity index (χ4n) is 16.5. The van der Waals surface area contributed by atoms with Crippen molar-refractivity contribution in [3.8, 4) is 5.75 Å². The molecule has 0 aromatic heterocycles. The topological polar surface area (TPSA) is 446 Å². The molecule has 13 N–H and O–H groups in total. The van der Waals surface area contributed by atoms with E-state index in [0.717, 1.165) is 0 Å². The summed E-state index contributed by atoms with van der Waals surface area (Å²) in [5.41, 5.74) is -6.13. The van der Waals surface area contributed by atoms with E-state index in [9.17, 15) is 78.9 Å². The molecule has 4 amide bonds. The first-order valence-electron chi connectivity index (χ1n) is 35.3. The number of likely N-dealkylation sites (N-methyl/N-ethyl adjacent to an activating group) is 1. The van der Waals surface area contributed by atoms with Gasteiger partial charge in [-0.15, -0.1) is 0 Å². The minimum Gasteiger partial charge on any atom is -0.507 e. The number of Topliss-reactive ketones (excluding diaryl/α,β-unsaturated/α-hetero) is 4. The second-order valence-corrected chi connectivity index (χ2v) is 31.2. The van der Waals surface area contributed by atoms with E-state index in [4.69, 9.17) is 43.6 Å². The van der Waals surface area contributed by atoms with Gasteiger partial charge < -0.3 is 106 Å². The number of nitrogens with zero attached hydrogens (tertiary/aromatic N) is 1. The zero-order valence-electron chi connectivity index (χ0n) is 61.4. The number of ketones is 4. The number of ether oxygens (including phenoxy) is 8. The van der Waals surface area contributed by atoms with Gasteiger partial charge >= 0.3 is 18.2 Å². The van der Waals surface area contributed by atoms with Crippen molar-refractivity contribution in [1.82, 2.24) is 26.2 Å². The Balaban J connectivity index is 0.985. The van der Waals surface area contributed by atoms with Crippen LogP contribution in [0.3, 0.4) is 0 Å². The quantitative estimate of drug-likeness (QED) is 0.0385. The molecule has 0 bridgehead atoms. The number of nitrogens with two attached hydrogens (primary N) is 1. The van der Waals surface area contributed by atoms with Crippen LogP contribution in [0.25, 0.3) is 0 Å². The highest BCUT2D eigenvalue weighted by molar-refractivity contribution is 6.32. The summed E-state index contributed by atoms with van der Waals surface area (Å²) in [7, 11) is 5.06. The Morgan fingerprint density at radius 2 is 1.46 bits per heavy atom. The number of carbonyl (C=O) groups excluding carboxylic acids is 9. The zero-order chi connectivity index (χ0) is 75.7. The maximum Gasteiger partial charge on any atom is 0.407 e. The molecular weight excluding hydrogens is 1320 g/mol. The molecule has 26 atom stereocenters. The Morgan fingerprint density at radius 1 is 0.792 bits per heavy atom. The first-order valence-corrected chi connectivity index (χ1v) is 35.3. The maximum absolute atomic E-state index is 14.8. The number of aromatic hydroxyl groups is 1. The normalized spacial score (nSPS) is 40.3. The van der Waals surface area contributed by atoms with Crippen LogP contribution in [0.4, 0.5) is 9.59 Å². The van der Waals surface area contributed by atoms with E-state index < -0.39 is 226 Å². The van der Waals surface area contributed by atoms with Crippen molar-refractivity contribution in [2.45, 2.75) is 268 Å². The lowest BCUT2D eigenvalue weighted by Crippen LogP contribution is -2.75. The predicted molar refractivity (Wildman–Crippen MR) is 360 cm³/mol. The average molecular weight is 1430 g/mol. The lowest BCUT2D eigenvalue weighted by molar-refractivity contribution is -0.318. The number of rotatable bonds is 20. The van der Waals surface area contributed by atoms with E-state index in [1.807, 2.05) is 25.9 Å². The minimum absolute atomic E-state index is 0.0128. The van der Waals surface area contributed by atoms with Crippen LogP contribution < -0.4 is 27.0 Å². The lowest BCUT2D eigenvalue weighted by Gasteiger charge is -2.54. The van der Waals surface area contributed by atoms with E-state index in [-0.39, 0.29) is 56.4 Å². The number of nitrogens with one attached hydrogen (secondary N) is 4. The van der Waals surface area contributed by atoms with Crippen molar-refractivity contribution >= 4 is 53.1 Å². The Bertz CT molecular complexity index is 3180. The summed E-state index contributed by atoms with van der Waals surface area (Å²) in [5, 5.41) is 95.1. The highest BCUT2D eigenvalue weighted by Crippen LogP contribution is 2.55. The summed E-state index contributed by atoms with van der Waals surface area (Å²) in [6.07, 6.45) is -12.2. The third-order valence-electron chi connectivity index (χ3n) is 22.0. The third kappa shape index (κ3) is 17.4. The van der Waals surface area contributed by atoms with Gasteiger partial charge in [0.2, 0.25) is 11.8 Å². The van der Waals surface area contributed by atoms with Gasteiger partial charge in [-0.2, -0.15) is 0 Å². The van der Waals surface area contributed by atoms with E-state index in [2.05, 4.69) is 21.3 Å². The molecular formula is C71H112N6O24. The molecule has 3 saturated heterocycles. The van der Waals surface area contributed by atoms with Gasteiger partial charge in [0.25, 0.3) is 0 Å². The van der Waals surface area contributed by atoms with Gasteiger partial charge in [0.1, 0.15) is 34.8 Å². The van der Waals surface area contributed by atoms with Gasteiger partial charge in [0.05, 0.1) is 65.2 Å². The van der Waals surface area contributed by atoms with Crippen LogP contribution in [0.5, 0.6) is 5.75 Å². The average Bonchev–Trinajstić information content (AvgIpc) is 0.690. The molecule has 1 aromatic rings. The number of amides is 4. The number of hydrogen-bond acceptors (Lipinski definition) is 26. The van der Waals surface area contributed by atoms with Crippen molar-refractivity contribution in [1.29, 1.82) is 0 Å². The first kappa shape index (κ1) is 82.4. The molecule has 11 unspecified atom stereocenters. The van der Waals surface area contributed by atoms with Crippen molar-refractivity contribution < 1.29 is 117 Å². The summed E-state index contributed by atoms with van der Waals surface area (Å²) >= 11 is 0. The maximum atomic E-state index is 14.8. The molecule has 7 rings (SSSR count). The molecule has 6 aliphatic rings. The van der Waals surface area contributed by atoms with Crippen LogP contribution in [0, 0.1) is 47.3 Å². The van der Waals surface area contributed by atoms with Crippen molar-refractivity contribution in [2.75, 3.05) is 40.8 Å². The van der Waals surface area contributed by atoms with E-state index in [1.54, 1.807) is 69.2 Å². The molecule has 30 heteroatoms. The molecule has 3 aliphatic heterocycles. The van der Waals surface area contributed by atoms with Crippen molar-refractivity contribution in [3.05, 3.63) is 29.3 Å².